The number of benzene rings is 1. The Bertz CT molecular complexity index is 339. The van der Waals surface area contributed by atoms with Crippen molar-refractivity contribution in [1.29, 1.82) is 0 Å². The minimum Gasteiger partial charge on any atom is -0.324 e. The Morgan fingerprint density at radius 3 is 2.53 bits per heavy atom. The summed E-state index contributed by atoms with van der Waals surface area (Å²) in [5.41, 5.74) is 7.23. The number of halogens is 3. The van der Waals surface area contributed by atoms with Crippen molar-refractivity contribution >= 4 is 39.9 Å². The average Bonchev–Trinajstić information content (AvgIpc) is 2.00. The zero-order valence-corrected chi connectivity index (χ0v) is 11.4. The monoisotopic (exact) mass is 309 g/mol. The van der Waals surface area contributed by atoms with E-state index in [2.05, 4.69) is 15.9 Å². The maximum absolute atomic E-state index is 6.15. The van der Waals surface area contributed by atoms with E-state index in [1.165, 1.54) is 19.3 Å². The standard InChI is InChI=1S/C11H13BrClN.ClH/c12-8-4-5-9(10(13)6-8)11(14)7-2-1-3-7;/h4-7,11H,1-3,14H2;1H/t11-;/m0./s1. The summed E-state index contributed by atoms with van der Waals surface area (Å²) in [6, 6.07) is 6.05. The maximum atomic E-state index is 6.15. The highest BCUT2D eigenvalue weighted by Gasteiger charge is 2.26. The summed E-state index contributed by atoms with van der Waals surface area (Å²) in [4.78, 5) is 0. The van der Waals surface area contributed by atoms with Crippen LogP contribution in [0.2, 0.25) is 5.02 Å². The molecule has 1 aliphatic rings. The van der Waals surface area contributed by atoms with Crippen LogP contribution in [0.4, 0.5) is 0 Å². The van der Waals surface area contributed by atoms with Crippen LogP contribution in [-0.2, 0) is 0 Å². The Morgan fingerprint density at radius 2 is 2.07 bits per heavy atom. The lowest BCUT2D eigenvalue weighted by molar-refractivity contribution is 0.264. The van der Waals surface area contributed by atoms with Gasteiger partial charge in [-0.3, -0.25) is 0 Å². The van der Waals surface area contributed by atoms with E-state index in [1.54, 1.807) is 0 Å². The normalized spacial score (nSPS) is 17.8. The third-order valence-corrected chi connectivity index (χ3v) is 3.80. The summed E-state index contributed by atoms with van der Waals surface area (Å²) < 4.78 is 1.01. The van der Waals surface area contributed by atoms with E-state index >= 15 is 0 Å². The largest absolute Gasteiger partial charge is 0.324 e. The van der Waals surface area contributed by atoms with Gasteiger partial charge in [0.2, 0.25) is 0 Å². The molecule has 15 heavy (non-hydrogen) atoms. The zero-order chi connectivity index (χ0) is 10.1. The Balaban J connectivity index is 0.00000112. The second kappa shape index (κ2) is 5.53. The summed E-state index contributed by atoms with van der Waals surface area (Å²) in [5.74, 6) is 0.633. The van der Waals surface area contributed by atoms with Gasteiger partial charge in [-0.1, -0.05) is 40.0 Å². The van der Waals surface area contributed by atoms with Gasteiger partial charge in [0.1, 0.15) is 0 Å². The third-order valence-electron chi connectivity index (χ3n) is 2.98. The topological polar surface area (TPSA) is 26.0 Å². The van der Waals surface area contributed by atoms with Crippen molar-refractivity contribution in [2.24, 2.45) is 11.7 Å². The predicted molar refractivity (Wildman–Crippen MR) is 70.7 cm³/mol. The molecule has 0 aromatic heterocycles. The molecule has 1 fully saturated rings. The molecule has 4 heteroatoms. The van der Waals surface area contributed by atoms with E-state index < -0.39 is 0 Å². The third kappa shape index (κ3) is 2.88. The van der Waals surface area contributed by atoms with Crippen LogP contribution in [0.3, 0.4) is 0 Å². The molecule has 2 N–H and O–H groups in total. The molecule has 0 radical (unpaired) electrons. The predicted octanol–water partition coefficient (Wildman–Crippen LogP) is 4.32. The first-order valence-electron chi connectivity index (χ1n) is 4.89. The molecule has 1 saturated carbocycles. The molecule has 0 unspecified atom stereocenters. The van der Waals surface area contributed by atoms with E-state index in [0.717, 1.165) is 15.1 Å². The van der Waals surface area contributed by atoms with Crippen LogP contribution >= 0.6 is 39.9 Å². The van der Waals surface area contributed by atoms with Crippen molar-refractivity contribution in [1.82, 2.24) is 0 Å². The Labute approximate surface area is 110 Å². The van der Waals surface area contributed by atoms with E-state index in [9.17, 15) is 0 Å². The number of rotatable bonds is 2. The second-order valence-corrected chi connectivity index (χ2v) is 5.21. The molecule has 1 aromatic rings. The van der Waals surface area contributed by atoms with Gasteiger partial charge >= 0.3 is 0 Å². The van der Waals surface area contributed by atoms with Gasteiger partial charge in [0.15, 0.2) is 0 Å². The van der Waals surface area contributed by atoms with Crippen LogP contribution in [0.1, 0.15) is 30.9 Å². The summed E-state index contributed by atoms with van der Waals surface area (Å²) in [6.07, 6.45) is 3.80. The molecule has 1 nitrogen and oxygen atoms in total. The van der Waals surface area contributed by atoms with E-state index in [1.807, 2.05) is 18.2 Å². The molecule has 0 amide bonds. The zero-order valence-electron chi connectivity index (χ0n) is 8.25. The minimum absolute atomic E-state index is 0. The van der Waals surface area contributed by atoms with Crippen molar-refractivity contribution in [3.8, 4) is 0 Å². The summed E-state index contributed by atoms with van der Waals surface area (Å²) in [7, 11) is 0. The van der Waals surface area contributed by atoms with E-state index in [-0.39, 0.29) is 18.4 Å². The lowest BCUT2D eigenvalue weighted by Crippen LogP contribution is -2.27. The first kappa shape index (κ1) is 13.3. The van der Waals surface area contributed by atoms with Crippen LogP contribution in [0.25, 0.3) is 0 Å². The van der Waals surface area contributed by atoms with Crippen molar-refractivity contribution in [2.75, 3.05) is 0 Å². The molecule has 0 aliphatic heterocycles. The molecule has 0 bridgehead atoms. The highest BCUT2D eigenvalue weighted by atomic mass is 79.9. The highest BCUT2D eigenvalue weighted by molar-refractivity contribution is 9.10. The molecule has 0 spiro atoms. The van der Waals surface area contributed by atoms with Gasteiger partial charge in [0.05, 0.1) is 0 Å². The number of hydrogen-bond acceptors (Lipinski definition) is 1. The van der Waals surface area contributed by atoms with Gasteiger partial charge in [-0.25, -0.2) is 0 Å². The van der Waals surface area contributed by atoms with Gasteiger partial charge in [-0.2, -0.15) is 0 Å². The minimum atomic E-state index is 0. The molecule has 1 atom stereocenters. The number of nitrogens with two attached hydrogens (primary N) is 1. The van der Waals surface area contributed by atoms with Crippen molar-refractivity contribution in [3.05, 3.63) is 33.3 Å². The van der Waals surface area contributed by atoms with Gasteiger partial charge in [-0.05, 0) is 36.5 Å². The molecule has 1 aromatic carbocycles. The fourth-order valence-electron chi connectivity index (χ4n) is 1.82. The van der Waals surface area contributed by atoms with Crippen LogP contribution in [0.5, 0.6) is 0 Å². The smallest absolute Gasteiger partial charge is 0.0465 e. The van der Waals surface area contributed by atoms with E-state index in [4.69, 9.17) is 17.3 Å². The second-order valence-electron chi connectivity index (χ2n) is 3.88. The van der Waals surface area contributed by atoms with Crippen LogP contribution in [0, 0.1) is 5.92 Å². The molecule has 0 saturated heterocycles. The lowest BCUT2D eigenvalue weighted by Gasteiger charge is -2.31. The summed E-state index contributed by atoms with van der Waals surface area (Å²) in [5, 5.41) is 0.777. The van der Waals surface area contributed by atoms with E-state index in [0.29, 0.717) is 5.92 Å². The Kier molecular flexibility index (Phi) is 4.91. The van der Waals surface area contributed by atoms with Crippen LogP contribution in [-0.4, -0.2) is 0 Å². The quantitative estimate of drug-likeness (QED) is 0.864. The van der Waals surface area contributed by atoms with Gasteiger partial charge in [0, 0.05) is 15.5 Å². The molecular weight excluding hydrogens is 297 g/mol. The van der Waals surface area contributed by atoms with Gasteiger partial charge in [0.25, 0.3) is 0 Å². The number of hydrogen-bond donors (Lipinski definition) is 1. The maximum Gasteiger partial charge on any atom is 0.0465 e. The van der Waals surface area contributed by atoms with Crippen molar-refractivity contribution in [2.45, 2.75) is 25.3 Å². The van der Waals surface area contributed by atoms with Gasteiger partial charge < -0.3 is 5.73 Å². The van der Waals surface area contributed by atoms with Crippen LogP contribution < -0.4 is 5.73 Å². The first-order chi connectivity index (χ1) is 6.68. The van der Waals surface area contributed by atoms with Crippen LogP contribution in [0.15, 0.2) is 22.7 Å². The van der Waals surface area contributed by atoms with Gasteiger partial charge in [-0.15, -0.1) is 12.4 Å². The lowest BCUT2D eigenvalue weighted by atomic mass is 9.77. The summed E-state index contributed by atoms with van der Waals surface area (Å²) >= 11 is 9.53. The Hall–Kier alpha value is 0.240. The fraction of sp³-hybridized carbons (Fsp3) is 0.455. The first-order valence-corrected chi connectivity index (χ1v) is 6.06. The molecule has 1 aliphatic carbocycles. The molecule has 84 valence electrons. The Morgan fingerprint density at radius 1 is 1.40 bits per heavy atom. The molecule has 2 rings (SSSR count). The SMILES string of the molecule is Cl.N[C@H](c1ccc(Br)cc1Cl)C1CCC1. The summed E-state index contributed by atoms with van der Waals surface area (Å²) in [6.45, 7) is 0. The molecular formula is C11H14BrCl2N. The highest BCUT2D eigenvalue weighted by Crippen LogP contribution is 2.38. The van der Waals surface area contributed by atoms with Crippen molar-refractivity contribution < 1.29 is 0 Å². The molecule has 0 heterocycles. The van der Waals surface area contributed by atoms with Crippen molar-refractivity contribution in [3.63, 3.8) is 0 Å². The fourth-order valence-corrected chi connectivity index (χ4v) is 2.62. The average molecular weight is 311 g/mol.